The van der Waals surface area contributed by atoms with Crippen LogP contribution in [0, 0.1) is 5.92 Å². The SMILES string of the molecule is CNC(=O)C(CC(C)C)NC(=O)c1cc(Cl)c(Cl)[nH]1. The van der Waals surface area contributed by atoms with E-state index in [9.17, 15) is 9.59 Å². The summed E-state index contributed by atoms with van der Waals surface area (Å²) in [5.41, 5.74) is 0.229. The highest BCUT2D eigenvalue weighted by Gasteiger charge is 2.22. The smallest absolute Gasteiger partial charge is 0.268 e. The minimum absolute atomic E-state index is 0.201. The molecule has 0 saturated heterocycles. The van der Waals surface area contributed by atoms with Gasteiger partial charge in [0.15, 0.2) is 0 Å². The van der Waals surface area contributed by atoms with Crippen LogP contribution >= 0.6 is 23.2 Å². The number of carbonyl (C=O) groups is 2. The maximum absolute atomic E-state index is 12.0. The number of hydrogen-bond donors (Lipinski definition) is 3. The first-order valence-corrected chi connectivity index (χ1v) is 6.67. The van der Waals surface area contributed by atoms with Gasteiger partial charge in [0.1, 0.15) is 16.9 Å². The molecule has 2 amide bonds. The Kier molecular flexibility index (Phi) is 5.69. The fourth-order valence-electron chi connectivity index (χ4n) is 1.64. The molecule has 0 aliphatic carbocycles. The van der Waals surface area contributed by atoms with Gasteiger partial charge in [-0.05, 0) is 18.4 Å². The average molecular weight is 306 g/mol. The maximum atomic E-state index is 12.0. The van der Waals surface area contributed by atoms with Gasteiger partial charge in [-0.2, -0.15) is 0 Å². The molecule has 0 aromatic carbocycles. The molecule has 1 aromatic heterocycles. The molecule has 7 heteroatoms. The van der Waals surface area contributed by atoms with Gasteiger partial charge in [-0.25, -0.2) is 0 Å². The molecule has 0 radical (unpaired) electrons. The highest BCUT2D eigenvalue weighted by atomic mass is 35.5. The van der Waals surface area contributed by atoms with E-state index in [-0.39, 0.29) is 27.7 Å². The number of aromatic amines is 1. The number of likely N-dealkylation sites (N-methyl/N-ethyl adjacent to an activating group) is 1. The van der Waals surface area contributed by atoms with E-state index >= 15 is 0 Å². The highest BCUT2D eigenvalue weighted by Crippen LogP contribution is 2.21. The molecule has 1 heterocycles. The van der Waals surface area contributed by atoms with Gasteiger partial charge in [-0.3, -0.25) is 9.59 Å². The van der Waals surface area contributed by atoms with Gasteiger partial charge in [0.05, 0.1) is 5.02 Å². The molecule has 0 bridgehead atoms. The van der Waals surface area contributed by atoms with Gasteiger partial charge >= 0.3 is 0 Å². The molecule has 1 atom stereocenters. The third kappa shape index (κ3) is 4.44. The molecular weight excluding hydrogens is 289 g/mol. The summed E-state index contributed by atoms with van der Waals surface area (Å²) in [6.07, 6.45) is 0.549. The predicted octanol–water partition coefficient (Wildman–Crippen LogP) is 2.21. The van der Waals surface area contributed by atoms with Crippen molar-refractivity contribution in [3.05, 3.63) is 21.9 Å². The first kappa shape index (κ1) is 15.9. The summed E-state index contributed by atoms with van der Waals surface area (Å²) >= 11 is 11.5. The fourth-order valence-corrected chi connectivity index (χ4v) is 1.95. The predicted molar refractivity (Wildman–Crippen MR) is 75.6 cm³/mol. The average Bonchev–Trinajstić information content (AvgIpc) is 2.67. The number of H-pyrrole nitrogens is 1. The summed E-state index contributed by atoms with van der Waals surface area (Å²) in [6, 6.07) is 0.841. The van der Waals surface area contributed by atoms with Gasteiger partial charge in [0.2, 0.25) is 5.91 Å². The summed E-state index contributed by atoms with van der Waals surface area (Å²) in [5.74, 6) is -0.368. The molecule has 1 unspecified atom stereocenters. The quantitative estimate of drug-likeness (QED) is 0.780. The Morgan fingerprint density at radius 2 is 2.00 bits per heavy atom. The lowest BCUT2D eigenvalue weighted by atomic mass is 10.0. The summed E-state index contributed by atoms with van der Waals surface area (Å²) in [7, 11) is 1.53. The second kappa shape index (κ2) is 6.82. The Bertz CT molecular complexity index is 452. The highest BCUT2D eigenvalue weighted by molar-refractivity contribution is 6.41. The van der Waals surface area contributed by atoms with E-state index in [1.165, 1.54) is 13.1 Å². The first-order valence-electron chi connectivity index (χ1n) is 5.91. The molecule has 1 rings (SSSR count). The fraction of sp³-hybridized carbons (Fsp3) is 0.500. The van der Waals surface area contributed by atoms with E-state index in [0.717, 1.165) is 0 Å². The molecular formula is C12H17Cl2N3O2. The normalized spacial score (nSPS) is 12.3. The lowest BCUT2D eigenvalue weighted by Gasteiger charge is -2.18. The minimum atomic E-state index is -0.585. The van der Waals surface area contributed by atoms with Crippen molar-refractivity contribution in [1.82, 2.24) is 15.6 Å². The third-order valence-corrected chi connectivity index (χ3v) is 3.24. The summed E-state index contributed by atoms with van der Waals surface area (Å²) in [5, 5.41) is 5.66. The van der Waals surface area contributed by atoms with Gasteiger partial charge in [0, 0.05) is 7.05 Å². The molecule has 0 spiro atoms. The lowest BCUT2D eigenvalue weighted by Crippen LogP contribution is -2.46. The van der Waals surface area contributed by atoms with Gasteiger partial charge in [-0.1, -0.05) is 37.0 Å². The molecule has 106 valence electrons. The first-order chi connectivity index (χ1) is 8.85. The number of nitrogens with one attached hydrogen (secondary N) is 3. The Hall–Kier alpha value is -1.20. The van der Waals surface area contributed by atoms with Crippen molar-refractivity contribution in [2.24, 2.45) is 5.92 Å². The van der Waals surface area contributed by atoms with Crippen molar-refractivity contribution in [3.8, 4) is 0 Å². The van der Waals surface area contributed by atoms with Crippen LogP contribution in [-0.2, 0) is 4.79 Å². The van der Waals surface area contributed by atoms with E-state index in [2.05, 4.69) is 15.6 Å². The Morgan fingerprint density at radius 3 is 2.42 bits per heavy atom. The van der Waals surface area contributed by atoms with Crippen LogP contribution in [0.2, 0.25) is 10.2 Å². The monoisotopic (exact) mass is 305 g/mol. The third-order valence-electron chi connectivity index (χ3n) is 2.55. The number of hydrogen-bond acceptors (Lipinski definition) is 2. The van der Waals surface area contributed by atoms with Crippen molar-refractivity contribution in [1.29, 1.82) is 0 Å². The molecule has 0 fully saturated rings. The molecule has 0 aliphatic rings. The molecule has 0 aliphatic heterocycles. The van der Waals surface area contributed by atoms with Crippen LogP contribution in [0.5, 0.6) is 0 Å². The Morgan fingerprint density at radius 1 is 1.37 bits per heavy atom. The van der Waals surface area contributed by atoms with Gasteiger partial charge in [-0.15, -0.1) is 0 Å². The number of amides is 2. The minimum Gasteiger partial charge on any atom is -0.357 e. The van der Waals surface area contributed by atoms with Crippen LogP contribution in [0.15, 0.2) is 6.07 Å². The number of rotatable bonds is 5. The van der Waals surface area contributed by atoms with Crippen LogP contribution in [0.3, 0.4) is 0 Å². The van der Waals surface area contributed by atoms with Gasteiger partial charge in [0.25, 0.3) is 5.91 Å². The summed E-state index contributed by atoms with van der Waals surface area (Å²) in [6.45, 7) is 3.95. The van der Waals surface area contributed by atoms with Crippen molar-refractivity contribution < 1.29 is 9.59 Å². The Labute approximate surface area is 122 Å². The number of aromatic nitrogens is 1. The van der Waals surface area contributed by atoms with E-state index < -0.39 is 11.9 Å². The van der Waals surface area contributed by atoms with Crippen molar-refractivity contribution in [2.45, 2.75) is 26.3 Å². The van der Waals surface area contributed by atoms with Gasteiger partial charge < -0.3 is 15.6 Å². The zero-order valence-corrected chi connectivity index (χ0v) is 12.5. The van der Waals surface area contributed by atoms with Crippen molar-refractivity contribution in [3.63, 3.8) is 0 Å². The molecule has 1 aromatic rings. The van der Waals surface area contributed by atoms with E-state index in [1.54, 1.807) is 0 Å². The van der Waals surface area contributed by atoms with Crippen LogP contribution in [0.25, 0.3) is 0 Å². The number of halogens is 2. The van der Waals surface area contributed by atoms with Crippen LogP contribution in [0.1, 0.15) is 30.8 Å². The molecule has 5 nitrogen and oxygen atoms in total. The van der Waals surface area contributed by atoms with Crippen molar-refractivity contribution >= 4 is 35.0 Å². The van der Waals surface area contributed by atoms with E-state index in [4.69, 9.17) is 23.2 Å². The second-order valence-corrected chi connectivity index (χ2v) is 5.40. The van der Waals surface area contributed by atoms with E-state index in [0.29, 0.717) is 6.42 Å². The standard InChI is InChI=1S/C12H17Cl2N3O2/c1-6(2)4-8(11(18)15-3)17-12(19)9-5-7(13)10(14)16-9/h5-6,8,16H,4H2,1-3H3,(H,15,18)(H,17,19). The molecule has 3 N–H and O–H groups in total. The Balaban J connectivity index is 2.78. The van der Waals surface area contributed by atoms with Crippen LogP contribution in [0.4, 0.5) is 0 Å². The van der Waals surface area contributed by atoms with Crippen LogP contribution in [-0.4, -0.2) is 29.9 Å². The second-order valence-electron chi connectivity index (χ2n) is 4.61. The zero-order valence-electron chi connectivity index (χ0n) is 11.0. The topological polar surface area (TPSA) is 74.0 Å². The maximum Gasteiger partial charge on any atom is 0.268 e. The molecule has 0 saturated carbocycles. The van der Waals surface area contributed by atoms with E-state index in [1.807, 2.05) is 13.8 Å². The zero-order chi connectivity index (χ0) is 14.6. The van der Waals surface area contributed by atoms with Crippen LogP contribution < -0.4 is 10.6 Å². The largest absolute Gasteiger partial charge is 0.357 e. The summed E-state index contributed by atoms with van der Waals surface area (Å²) in [4.78, 5) is 26.3. The number of carbonyl (C=O) groups excluding carboxylic acids is 2. The summed E-state index contributed by atoms with van der Waals surface area (Å²) < 4.78 is 0. The molecule has 19 heavy (non-hydrogen) atoms. The van der Waals surface area contributed by atoms with Crippen molar-refractivity contribution in [2.75, 3.05) is 7.05 Å². The lowest BCUT2D eigenvalue weighted by molar-refractivity contribution is -0.122.